The van der Waals surface area contributed by atoms with Crippen molar-refractivity contribution in [1.82, 2.24) is 0 Å². The van der Waals surface area contributed by atoms with Crippen LogP contribution in [0.4, 0.5) is 14.5 Å². The number of benzene rings is 2. The van der Waals surface area contributed by atoms with Crippen molar-refractivity contribution in [3.05, 3.63) is 65.2 Å². The highest BCUT2D eigenvalue weighted by Gasteiger charge is 2.12. The zero-order valence-corrected chi connectivity index (χ0v) is 12.4. The van der Waals surface area contributed by atoms with E-state index >= 15 is 0 Å². The van der Waals surface area contributed by atoms with E-state index in [1.165, 1.54) is 36.4 Å². The fourth-order valence-corrected chi connectivity index (χ4v) is 1.91. The van der Waals surface area contributed by atoms with E-state index in [1.54, 1.807) is 13.0 Å². The quantitative estimate of drug-likeness (QED) is 0.862. The molecule has 6 heteroatoms. The van der Waals surface area contributed by atoms with Crippen molar-refractivity contribution >= 4 is 17.6 Å². The lowest BCUT2D eigenvalue weighted by Crippen LogP contribution is -2.22. The van der Waals surface area contributed by atoms with E-state index in [4.69, 9.17) is 4.74 Å². The van der Waals surface area contributed by atoms with Crippen LogP contribution in [0.5, 0.6) is 0 Å². The van der Waals surface area contributed by atoms with Gasteiger partial charge in [0.15, 0.2) is 6.61 Å². The lowest BCUT2D eigenvalue weighted by Gasteiger charge is -2.09. The van der Waals surface area contributed by atoms with Crippen LogP contribution in [0, 0.1) is 18.6 Å². The number of carbonyl (C=O) groups excluding carboxylic acids is 2. The summed E-state index contributed by atoms with van der Waals surface area (Å²) in [6.07, 6.45) is -0.265. The normalized spacial score (nSPS) is 10.2. The zero-order chi connectivity index (χ0) is 16.8. The number of hydrogen-bond donors (Lipinski definition) is 1. The predicted octanol–water partition coefficient (Wildman–Crippen LogP) is 3.00. The third kappa shape index (κ3) is 4.88. The Morgan fingerprint density at radius 3 is 2.61 bits per heavy atom. The summed E-state index contributed by atoms with van der Waals surface area (Å²) in [5.41, 5.74) is 1.18. The van der Waals surface area contributed by atoms with Gasteiger partial charge >= 0.3 is 5.97 Å². The number of carbonyl (C=O) groups is 2. The molecule has 2 aromatic carbocycles. The average Bonchev–Trinajstić information content (AvgIpc) is 2.51. The molecule has 0 unspecified atom stereocenters. The number of halogens is 2. The Morgan fingerprint density at radius 1 is 1.13 bits per heavy atom. The lowest BCUT2D eigenvalue weighted by molar-refractivity contribution is -0.146. The number of nitrogens with one attached hydrogen (secondary N) is 1. The van der Waals surface area contributed by atoms with Crippen LogP contribution >= 0.6 is 0 Å². The molecular formula is C17H15F2NO3. The molecule has 0 aromatic heterocycles. The first kappa shape index (κ1) is 16.6. The van der Waals surface area contributed by atoms with Gasteiger partial charge in [-0.15, -0.1) is 0 Å². The van der Waals surface area contributed by atoms with E-state index in [9.17, 15) is 18.4 Å². The number of anilines is 1. The van der Waals surface area contributed by atoms with Crippen LogP contribution in [0.15, 0.2) is 42.5 Å². The fourth-order valence-electron chi connectivity index (χ4n) is 1.91. The summed E-state index contributed by atoms with van der Waals surface area (Å²) < 4.78 is 31.3. The first-order chi connectivity index (χ1) is 11.0. The molecule has 0 aliphatic carbocycles. The van der Waals surface area contributed by atoms with Crippen LogP contribution in [-0.2, 0) is 20.7 Å². The standard InChI is InChI=1S/C17H15F2NO3/c1-11-6-7-13(18)9-15(11)20-16(21)10-23-17(22)8-12-4-2-3-5-14(12)19/h2-7,9H,8,10H2,1H3,(H,20,21). The molecule has 0 fully saturated rings. The highest BCUT2D eigenvalue weighted by atomic mass is 19.1. The number of esters is 1. The maximum absolute atomic E-state index is 13.4. The summed E-state index contributed by atoms with van der Waals surface area (Å²) in [6, 6.07) is 9.79. The fraction of sp³-hybridized carbons (Fsp3) is 0.176. The summed E-state index contributed by atoms with van der Waals surface area (Å²) in [7, 11) is 0. The number of aryl methyl sites for hydroxylation is 1. The molecule has 0 bridgehead atoms. The summed E-state index contributed by atoms with van der Waals surface area (Å²) in [5.74, 6) is -2.31. The van der Waals surface area contributed by atoms with Gasteiger partial charge in [0.2, 0.25) is 0 Å². The van der Waals surface area contributed by atoms with Crippen molar-refractivity contribution in [2.24, 2.45) is 0 Å². The smallest absolute Gasteiger partial charge is 0.310 e. The highest BCUT2D eigenvalue weighted by Crippen LogP contribution is 2.15. The van der Waals surface area contributed by atoms with Gasteiger partial charge in [-0.1, -0.05) is 24.3 Å². The Balaban J connectivity index is 1.85. The Morgan fingerprint density at radius 2 is 1.87 bits per heavy atom. The van der Waals surface area contributed by atoms with Gasteiger partial charge in [-0.2, -0.15) is 0 Å². The Bertz CT molecular complexity index is 732. The predicted molar refractivity (Wildman–Crippen MR) is 80.8 cm³/mol. The van der Waals surface area contributed by atoms with Gasteiger partial charge in [-0.3, -0.25) is 9.59 Å². The molecule has 0 spiro atoms. The monoisotopic (exact) mass is 319 g/mol. The van der Waals surface area contributed by atoms with Gasteiger partial charge in [-0.25, -0.2) is 8.78 Å². The summed E-state index contributed by atoms with van der Waals surface area (Å²) in [5, 5.41) is 2.45. The molecule has 1 N–H and O–H groups in total. The highest BCUT2D eigenvalue weighted by molar-refractivity contribution is 5.93. The van der Waals surface area contributed by atoms with E-state index in [0.29, 0.717) is 11.3 Å². The number of rotatable bonds is 5. The van der Waals surface area contributed by atoms with E-state index in [1.807, 2.05) is 0 Å². The van der Waals surface area contributed by atoms with E-state index in [0.717, 1.165) is 0 Å². The summed E-state index contributed by atoms with van der Waals surface area (Å²) in [4.78, 5) is 23.3. The van der Waals surface area contributed by atoms with E-state index in [2.05, 4.69) is 5.32 Å². The Labute approximate surface area is 132 Å². The molecular weight excluding hydrogens is 304 g/mol. The second-order valence-corrected chi connectivity index (χ2v) is 4.94. The number of hydrogen-bond acceptors (Lipinski definition) is 3. The Hall–Kier alpha value is -2.76. The SMILES string of the molecule is Cc1ccc(F)cc1NC(=O)COC(=O)Cc1ccccc1F. The first-order valence-electron chi connectivity index (χ1n) is 6.91. The molecule has 120 valence electrons. The number of ether oxygens (including phenoxy) is 1. The maximum atomic E-state index is 13.4. The van der Waals surface area contributed by atoms with Gasteiger partial charge in [0.25, 0.3) is 5.91 Å². The zero-order valence-electron chi connectivity index (χ0n) is 12.4. The van der Waals surface area contributed by atoms with Crippen molar-refractivity contribution in [3.63, 3.8) is 0 Å². The van der Waals surface area contributed by atoms with Crippen LogP contribution in [0.2, 0.25) is 0 Å². The minimum Gasteiger partial charge on any atom is -0.455 e. The second kappa shape index (κ2) is 7.49. The molecule has 0 atom stereocenters. The molecule has 0 radical (unpaired) electrons. The summed E-state index contributed by atoms with van der Waals surface area (Å²) in [6.45, 7) is 1.18. The average molecular weight is 319 g/mol. The van der Waals surface area contributed by atoms with Gasteiger partial charge in [0.1, 0.15) is 11.6 Å². The van der Waals surface area contributed by atoms with Crippen molar-refractivity contribution in [2.45, 2.75) is 13.3 Å². The van der Waals surface area contributed by atoms with Crippen LogP contribution < -0.4 is 5.32 Å². The molecule has 1 amide bonds. The van der Waals surface area contributed by atoms with Gasteiger partial charge < -0.3 is 10.1 Å². The Kier molecular flexibility index (Phi) is 5.41. The minimum atomic E-state index is -0.721. The van der Waals surface area contributed by atoms with Crippen LogP contribution in [0.1, 0.15) is 11.1 Å². The topological polar surface area (TPSA) is 55.4 Å². The lowest BCUT2D eigenvalue weighted by atomic mass is 10.1. The van der Waals surface area contributed by atoms with Crippen LogP contribution in [0.3, 0.4) is 0 Å². The van der Waals surface area contributed by atoms with Gasteiger partial charge in [0, 0.05) is 5.69 Å². The number of amides is 1. The molecule has 0 saturated carbocycles. The molecule has 2 rings (SSSR count). The van der Waals surface area contributed by atoms with Gasteiger partial charge in [-0.05, 0) is 36.2 Å². The van der Waals surface area contributed by atoms with E-state index in [-0.39, 0.29) is 12.0 Å². The van der Waals surface area contributed by atoms with Crippen molar-refractivity contribution in [1.29, 1.82) is 0 Å². The molecule has 0 heterocycles. The molecule has 4 nitrogen and oxygen atoms in total. The minimum absolute atomic E-state index is 0.193. The van der Waals surface area contributed by atoms with Crippen molar-refractivity contribution in [3.8, 4) is 0 Å². The van der Waals surface area contributed by atoms with E-state index < -0.39 is 30.1 Å². The van der Waals surface area contributed by atoms with Crippen molar-refractivity contribution < 1.29 is 23.1 Å². The maximum Gasteiger partial charge on any atom is 0.310 e. The third-order valence-corrected chi connectivity index (χ3v) is 3.13. The molecule has 0 aliphatic rings. The molecule has 2 aromatic rings. The molecule has 23 heavy (non-hydrogen) atoms. The van der Waals surface area contributed by atoms with Crippen molar-refractivity contribution in [2.75, 3.05) is 11.9 Å². The van der Waals surface area contributed by atoms with Crippen LogP contribution in [-0.4, -0.2) is 18.5 Å². The van der Waals surface area contributed by atoms with Gasteiger partial charge in [0.05, 0.1) is 6.42 Å². The largest absolute Gasteiger partial charge is 0.455 e. The second-order valence-electron chi connectivity index (χ2n) is 4.94. The van der Waals surface area contributed by atoms with Crippen LogP contribution in [0.25, 0.3) is 0 Å². The molecule has 0 aliphatic heterocycles. The molecule has 0 saturated heterocycles. The third-order valence-electron chi connectivity index (χ3n) is 3.13. The first-order valence-corrected chi connectivity index (χ1v) is 6.91. The summed E-state index contributed by atoms with van der Waals surface area (Å²) >= 11 is 0.